The van der Waals surface area contributed by atoms with Crippen molar-refractivity contribution in [3.63, 3.8) is 0 Å². The van der Waals surface area contributed by atoms with Crippen LogP contribution in [0.25, 0.3) is 0 Å². The third kappa shape index (κ3) is 4.33. The third-order valence-corrected chi connectivity index (χ3v) is 6.34. The fourth-order valence-electron chi connectivity index (χ4n) is 4.54. The molecule has 1 aromatic rings. The van der Waals surface area contributed by atoms with Gasteiger partial charge in [0.2, 0.25) is 11.8 Å². The molecule has 3 aliphatic rings. The van der Waals surface area contributed by atoms with E-state index >= 15 is 0 Å². The van der Waals surface area contributed by atoms with Crippen LogP contribution >= 0.6 is 0 Å². The normalized spacial score (nSPS) is 22.2. The second-order valence-electron chi connectivity index (χ2n) is 8.36. The van der Waals surface area contributed by atoms with Gasteiger partial charge >= 0.3 is 0 Å². The highest BCUT2D eigenvalue weighted by molar-refractivity contribution is 6.23. The van der Waals surface area contributed by atoms with E-state index in [1.807, 2.05) is 6.07 Å². The van der Waals surface area contributed by atoms with Crippen LogP contribution < -0.4 is 16.0 Å². The first kappa shape index (κ1) is 21.5. The van der Waals surface area contributed by atoms with Gasteiger partial charge in [0.05, 0.1) is 11.1 Å². The molecule has 1 aromatic carbocycles. The minimum absolute atomic E-state index is 0.117. The maximum Gasteiger partial charge on any atom is 0.262 e. The van der Waals surface area contributed by atoms with Crippen molar-refractivity contribution in [2.75, 3.05) is 44.2 Å². The van der Waals surface area contributed by atoms with Gasteiger partial charge in [-0.1, -0.05) is 6.42 Å². The lowest BCUT2D eigenvalue weighted by atomic mass is 10.0. The number of nitrogens with one attached hydrogen (secondary N) is 1. The van der Waals surface area contributed by atoms with E-state index in [9.17, 15) is 19.2 Å². The minimum atomic E-state index is -0.934. The summed E-state index contributed by atoms with van der Waals surface area (Å²) in [5.74, 6) is -1.90. The highest BCUT2D eigenvalue weighted by Gasteiger charge is 2.44. The number of benzene rings is 1. The number of piperidine rings is 1. The maximum atomic E-state index is 13.0. The van der Waals surface area contributed by atoms with Crippen LogP contribution in [0, 0.1) is 0 Å². The molecule has 31 heavy (non-hydrogen) atoms. The van der Waals surface area contributed by atoms with E-state index in [0.717, 1.165) is 69.1 Å². The molecule has 4 rings (SSSR count). The molecule has 0 bridgehead atoms. The van der Waals surface area contributed by atoms with E-state index in [0.29, 0.717) is 11.1 Å². The molecule has 2 fully saturated rings. The predicted octanol–water partition coefficient (Wildman–Crippen LogP) is 0.339. The number of rotatable bonds is 7. The molecule has 9 nitrogen and oxygen atoms in total. The molecule has 0 saturated carbocycles. The smallest absolute Gasteiger partial charge is 0.262 e. The Kier molecular flexibility index (Phi) is 6.33. The van der Waals surface area contributed by atoms with Gasteiger partial charge in [0.15, 0.2) is 0 Å². The lowest BCUT2D eigenvalue weighted by Crippen LogP contribution is -2.54. The second-order valence-corrected chi connectivity index (χ2v) is 8.36. The van der Waals surface area contributed by atoms with Crippen molar-refractivity contribution in [3.8, 4) is 0 Å². The lowest BCUT2D eigenvalue weighted by molar-refractivity contribution is -0.136. The van der Waals surface area contributed by atoms with Crippen LogP contribution in [0.4, 0.5) is 5.69 Å². The van der Waals surface area contributed by atoms with Gasteiger partial charge in [0, 0.05) is 38.3 Å². The Morgan fingerprint density at radius 2 is 1.68 bits per heavy atom. The van der Waals surface area contributed by atoms with Gasteiger partial charge < -0.3 is 10.6 Å². The number of nitrogens with zero attached hydrogens (tertiary/aromatic N) is 3. The number of fused-ring (bicyclic) bond motifs is 1. The van der Waals surface area contributed by atoms with Crippen LogP contribution in [0.5, 0.6) is 0 Å². The number of hydrogen-bond acceptors (Lipinski definition) is 7. The molecule has 3 aliphatic heterocycles. The molecule has 166 valence electrons. The Hall–Kier alpha value is -2.78. The molecule has 1 unspecified atom stereocenters. The molecule has 0 radical (unpaired) electrons. The highest BCUT2D eigenvalue weighted by Crippen LogP contribution is 2.31. The van der Waals surface area contributed by atoms with Crippen LogP contribution in [0.1, 0.15) is 52.8 Å². The zero-order valence-electron chi connectivity index (χ0n) is 17.6. The summed E-state index contributed by atoms with van der Waals surface area (Å²) in [5.41, 5.74) is 7.11. The Morgan fingerprint density at radius 1 is 0.935 bits per heavy atom. The molecule has 1 atom stereocenters. The molecule has 3 heterocycles. The monoisotopic (exact) mass is 427 g/mol. The Morgan fingerprint density at radius 3 is 2.39 bits per heavy atom. The summed E-state index contributed by atoms with van der Waals surface area (Å²) in [6, 6.07) is 4.37. The fourth-order valence-corrected chi connectivity index (χ4v) is 4.54. The molecule has 4 amide bonds. The van der Waals surface area contributed by atoms with Crippen molar-refractivity contribution >= 4 is 29.3 Å². The first-order valence-corrected chi connectivity index (χ1v) is 11.0. The van der Waals surface area contributed by atoms with Crippen molar-refractivity contribution < 1.29 is 19.2 Å². The summed E-state index contributed by atoms with van der Waals surface area (Å²) in [7, 11) is 0. The standard InChI is InChI=1S/C22H29N5O4/c23-8-2-1-3-9-25-10-12-26(13-11-25)15-4-5-16-17(14-15)22(31)27(21(16)30)18-6-7-19(28)24-20(18)29/h4-5,14,18H,1-3,6-13,23H2,(H,24,28,29). The fraction of sp³-hybridized carbons (Fsp3) is 0.545. The molecular formula is C22H29N5O4. The van der Waals surface area contributed by atoms with Gasteiger partial charge in [-0.2, -0.15) is 0 Å². The first-order valence-electron chi connectivity index (χ1n) is 11.0. The summed E-state index contributed by atoms with van der Waals surface area (Å²) in [6.07, 6.45) is 3.66. The van der Waals surface area contributed by atoms with Gasteiger partial charge in [-0.05, 0) is 50.6 Å². The topological polar surface area (TPSA) is 116 Å². The van der Waals surface area contributed by atoms with Crippen molar-refractivity contribution in [1.29, 1.82) is 0 Å². The molecule has 3 N–H and O–H groups in total. The van der Waals surface area contributed by atoms with Crippen molar-refractivity contribution in [2.45, 2.75) is 38.1 Å². The Bertz CT molecular complexity index is 894. The van der Waals surface area contributed by atoms with Gasteiger partial charge in [-0.3, -0.25) is 34.3 Å². The van der Waals surface area contributed by atoms with E-state index in [2.05, 4.69) is 15.1 Å². The van der Waals surface area contributed by atoms with Crippen molar-refractivity contribution in [3.05, 3.63) is 29.3 Å². The van der Waals surface area contributed by atoms with E-state index < -0.39 is 23.8 Å². The molecule has 0 aromatic heterocycles. The zero-order valence-corrected chi connectivity index (χ0v) is 17.6. The summed E-state index contributed by atoms with van der Waals surface area (Å²) >= 11 is 0. The number of imide groups is 2. The second kappa shape index (κ2) is 9.15. The highest BCUT2D eigenvalue weighted by atomic mass is 16.2. The van der Waals surface area contributed by atoms with E-state index in [1.54, 1.807) is 12.1 Å². The number of amides is 4. The average molecular weight is 428 g/mol. The first-order chi connectivity index (χ1) is 15.0. The van der Waals surface area contributed by atoms with Crippen LogP contribution in [0.15, 0.2) is 18.2 Å². The van der Waals surface area contributed by atoms with Crippen LogP contribution in [-0.4, -0.2) is 78.7 Å². The maximum absolute atomic E-state index is 13.0. The summed E-state index contributed by atoms with van der Waals surface area (Å²) in [6.45, 7) is 5.44. The molecule has 9 heteroatoms. The average Bonchev–Trinajstić information content (AvgIpc) is 3.02. The number of carbonyl (C=O) groups excluding carboxylic acids is 4. The number of unbranched alkanes of at least 4 members (excludes halogenated alkanes) is 2. The number of carbonyl (C=O) groups is 4. The SMILES string of the molecule is NCCCCCN1CCN(c2ccc3c(c2)C(=O)N(C2CCC(=O)NC2=O)C3=O)CC1. The van der Waals surface area contributed by atoms with Crippen LogP contribution in [0.3, 0.4) is 0 Å². The van der Waals surface area contributed by atoms with E-state index in [-0.39, 0.29) is 18.7 Å². The third-order valence-electron chi connectivity index (χ3n) is 6.34. The zero-order chi connectivity index (χ0) is 22.0. The lowest BCUT2D eigenvalue weighted by Gasteiger charge is -2.36. The van der Waals surface area contributed by atoms with Gasteiger partial charge in [0.1, 0.15) is 6.04 Å². The number of piperazine rings is 1. The number of hydrogen-bond donors (Lipinski definition) is 2. The van der Waals surface area contributed by atoms with E-state index in [4.69, 9.17) is 5.73 Å². The molecular weight excluding hydrogens is 398 g/mol. The predicted molar refractivity (Wildman–Crippen MR) is 115 cm³/mol. The minimum Gasteiger partial charge on any atom is -0.369 e. The quantitative estimate of drug-likeness (QED) is 0.476. The van der Waals surface area contributed by atoms with Gasteiger partial charge in [0.25, 0.3) is 11.8 Å². The largest absolute Gasteiger partial charge is 0.369 e. The number of nitrogens with two attached hydrogens (primary N) is 1. The Balaban J connectivity index is 1.41. The van der Waals surface area contributed by atoms with E-state index in [1.165, 1.54) is 0 Å². The summed E-state index contributed by atoms with van der Waals surface area (Å²) in [4.78, 5) is 55.1. The number of anilines is 1. The van der Waals surface area contributed by atoms with Crippen molar-refractivity contribution in [1.82, 2.24) is 15.1 Å². The summed E-state index contributed by atoms with van der Waals surface area (Å²) in [5, 5.41) is 2.22. The van der Waals surface area contributed by atoms with Crippen LogP contribution in [0.2, 0.25) is 0 Å². The molecule has 2 saturated heterocycles. The van der Waals surface area contributed by atoms with Gasteiger partial charge in [-0.25, -0.2) is 0 Å². The Labute approximate surface area is 181 Å². The summed E-state index contributed by atoms with van der Waals surface area (Å²) < 4.78 is 0. The van der Waals surface area contributed by atoms with Crippen molar-refractivity contribution in [2.24, 2.45) is 5.73 Å². The van der Waals surface area contributed by atoms with Crippen LogP contribution in [-0.2, 0) is 9.59 Å². The molecule has 0 aliphatic carbocycles. The molecule has 0 spiro atoms. The van der Waals surface area contributed by atoms with Gasteiger partial charge in [-0.15, -0.1) is 0 Å².